The zero-order chi connectivity index (χ0) is 21.6. The first-order valence-corrected chi connectivity index (χ1v) is 10.5. The van der Waals surface area contributed by atoms with Crippen molar-refractivity contribution >= 4 is 51.9 Å². The van der Waals surface area contributed by atoms with E-state index < -0.39 is 10.8 Å². The van der Waals surface area contributed by atoms with Crippen molar-refractivity contribution in [2.75, 3.05) is 4.90 Å². The van der Waals surface area contributed by atoms with Crippen LogP contribution in [0.4, 0.5) is 5.69 Å². The summed E-state index contributed by atoms with van der Waals surface area (Å²) in [6.45, 7) is 4.87. The van der Waals surface area contributed by atoms with Crippen LogP contribution in [0.1, 0.15) is 30.5 Å². The Balaban J connectivity index is 1.84. The molecular formula is C21H19ClN4O3S. The number of hydrazone groups is 1. The Kier molecular flexibility index (Phi) is 5.07. The molecule has 7 nitrogen and oxygen atoms in total. The predicted molar refractivity (Wildman–Crippen MR) is 117 cm³/mol. The number of benzene rings is 2. The summed E-state index contributed by atoms with van der Waals surface area (Å²) in [7, 11) is 0. The second kappa shape index (κ2) is 7.45. The van der Waals surface area contributed by atoms with Crippen LogP contribution in [0.25, 0.3) is 0 Å². The monoisotopic (exact) mass is 442 g/mol. The highest BCUT2D eigenvalue weighted by Crippen LogP contribution is 2.55. The molecule has 0 saturated carbocycles. The molecule has 4 rings (SSSR count). The number of nitrogens with zero attached hydrogens (tertiary/aromatic N) is 3. The molecule has 2 aliphatic heterocycles. The number of amidine groups is 1. The second-order valence-corrected chi connectivity index (χ2v) is 8.76. The summed E-state index contributed by atoms with van der Waals surface area (Å²) in [6, 6.07) is 13.0. The van der Waals surface area contributed by atoms with Crippen LogP contribution in [0.3, 0.4) is 0 Å². The van der Waals surface area contributed by atoms with Crippen molar-refractivity contribution in [3.05, 3.63) is 64.2 Å². The molecule has 2 aliphatic rings. The van der Waals surface area contributed by atoms with Crippen molar-refractivity contribution in [2.45, 2.75) is 32.2 Å². The van der Waals surface area contributed by atoms with Gasteiger partial charge in [-0.25, -0.2) is 0 Å². The van der Waals surface area contributed by atoms with Crippen LogP contribution in [0.15, 0.2) is 47.6 Å². The number of hydrogen-bond acceptors (Lipinski definition) is 5. The Bertz CT molecular complexity index is 1120. The Morgan fingerprint density at radius 3 is 2.60 bits per heavy atom. The third-order valence-corrected chi connectivity index (χ3v) is 6.55. The molecular weight excluding hydrogens is 424 g/mol. The van der Waals surface area contributed by atoms with Crippen LogP contribution < -0.4 is 10.2 Å². The van der Waals surface area contributed by atoms with Crippen LogP contribution in [0.5, 0.6) is 0 Å². The molecule has 2 aromatic rings. The number of thioether (sulfide) groups is 1. The lowest BCUT2D eigenvalue weighted by Crippen LogP contribution is -2.48. The van der Waals surface area contributed by atoms with E-state index in [2.05, 4.69) is 10.4 Å². The quantitative estimate of drug-likeness (QED) is 0.773. The smallest absolute Gasteiger partial charge is 0.271 e. The summed E-state index contributed by atoms with van der Waals surface area (Å²) in [5.74, 6) is -1.04. The highest BCUT2D eigenvalue weighted by atomic mass is 35.5. The van der Waals surface area contributed by atoms with Gasteiger partial charge >= 0.3 is 0 Å². The maximum Gasteiger partial charge on any atom is 0.271 e. The summed E-state index contributed by atoms with van der Waals surface area (Å²) < 4.78 is 0. The van der Waals surface area contributed by atoms with Gasteiger partial charge in [0.2, 0.25) is 16.7 Å². The Morgan fingerprint density at radius 2 is 1.93 bits per heavy atom. The number of anilines is 1. The summed E-state index contributed by atoms with van der Waals surface area (Å²) >= 11 is 7.40. The first kappa shape index (κ1) is 20.4. The molecule has 154 valence electrons. The van der Waals surface area contributed by atoms with Crippen molar-refractivity contribution in [1.82, 2.24) is 10.3 Å². The summed E-state index contributed by atoms with van der Waals surface area (Å²) in [4.78, 5) is 38.1. The van der Waals surface area contributed by atoms with Crippen molar-refractivity contribution in [3.63, 3.8) is 0 Å². The zero-order valence-electron chi connectivity index (χ0n) is 16.6. The van der Waals surface area contributed by atoms with Crippen LogP contribution >= 0.6 is 23.4 Å². The molecule has 0 fully saturated rings. The van der Waals surface area contributed by atoms with E-state index in [0.29, 0.717) is 16.3 Å². The number of carbonyl (C=O) groups excluding carboxylic acids is 3. The fraction of sp³-hybridized carbons (Fsp3) is 0.238. The van der Waals surface area contributed by atoms with Crippen molar-refractivity contribution in [2.24, 2.45) is 5.10 Å². The van der Waals surface area contributed by atoms with E-state index in [1.165, 1.54) is 13.8 Å². The van der Waals surface area contributed by atoms with E-state index in [4.69, 9.17) is 11.6 Å². The zero-order valence-corrected chi connectivity index (χ0v) is 18.2. The SMILES string of the molecule is CC(=O)NC1=NN(C(C)=O)[C@@]2(S1)C(=O)N(Cc1ccccc1Cl)c1ccc(C)cc12. The van der Waals surface area contributed by atoms with Gasteiger partial charge in [-0.3, -0.25) is 14.4 Å². The highest BCUT2D eigenvalue weighted by Gasteiger charge is 2.61. The number of rotatable bonds is 2. The number of carbonyl (C=O) groups is 3. The van der Waals surface area contributed by atoms with Crippen LogP contribution in [0.2, 0.25) is 5.02 Å². The molecule has 1 spiro atoms. The largest absolute Gasteiger partial charge is 0.304 e. The third-order valence-electron chi connectivity index (χ3n) is 4.94. The maximum absolute atomic E-state index is 13.8. The molecule has 1 atom stereocenters. The number of fused-ring (bicyclic) bond motifs is 2. The van der Waals surface area contributed by atoms with Gasteiger partial charge < -0.3 is 10.2 Å². The summed E-state index contributed by atoms with van der Waals surface area (Å²) in [5, 5.41) is 8.79. The van der Waals surface area contributed by atoms with Crippen molar-refractivity contribution in [1.29, 1.82) is 0 Å². The second-order valence-electron chi connectivity index (χ2n) is 7.17. The molecule has 0 saturated heterocycles. The molecule has 0 aromatic heterocycles. The van der Waals surface area contributed by atoms with Gasteiger partial charge in [-0.15, -0.1) is 5.10 Å². The molecule has 0 radical (unpaired) electrons. The molecule has 9 heteroatoms. The fourth-order valence-corrected chi connectivity index (χ4v) is 5.20. The van der Waals surface area contributed by atoms with E-state index in [0.717, 1.165) is 27.9 Å². The van der Waals surface area contributed by atoms with E-state index in [1.54, 1.807) is 11.0 Å². The van der Waals surface area contributed by atoms with Gasteiger partial charge in [0.15, 0.2) is 5.17 Å². The third kappa shape index (κ3) is 3.16. The lowest BCUT2D eigenvalue weighted by atomic mass is 10.0. The van der Waals surface area contributed by atoms with Gasteiger partial charge in [0.25, 0.3) is 5.91 Å². The van der Waals surface area contributed by atoms with E-state index in [1.807, 2.05) is 43.3 Å². The van der Waals surface area contributed by atoms with Gasteiger partial charge in [0.05, 0.1) is 12.2 Å². The molecule has 3 amide bonds. The number of halogens is 1. The Labute approximate surface area is 183 Å². The molecule has 0 unspecified atom stereocenters. The average molecular weight is 443 g/mol. The van der Waals surface area contributed by atoms with Gasteiger partial charge in [-0.2, -0.15) is 5.01 Å². The number of hydrogen-bond donors (Lipinski definition) is 1. The minimum absolute atomic E-state index is 0.207. The predicted octanol–water partition coefficient (Wildman–Crippen LogP) is 3.35. The minimum Gasteiger partial charge on any atom is -0.304 e. The molecule has 30 heavy (non-hydrogen) atoms. The number of nitrogens with one attached hydrogen (secondary N) is 1. The Hall–Kier alpha value is -2.84. The lowest BCUT2D eigenvalue weighted by molar-refractivity contribution is -0.139. The first-order valence-electron chi connectivity index (χ1n) is 9.26. The van der Waals surface area contributed by atoms with Gasteiger partial charge in [0, 0.05) is 24.4 Å². The van der Waals surface area contributed by atoms with Gasteiger partial charge in [-0.1, -0.05) is 47.5 Å². The summed E-state index contributed by atoms with van der Waals surface area (Å²) in [6.07, 6.45) is 0. The van der Waals surface area contributed by atoms with Crippen LogP contribution in [-0.4, -0.2) is 27.9 Å². The van der Waals surface area contributed by atoms with Crippen molar-refractivity contribution < 1.29 is 14.4 Å². The van der Waals surface area contributed by atoms with Gasteiger partial charge in [-0.05, 0) is 36.4 Å². The Morgan fingerprint density at radius 1 is 1.20 bits per heavy atom. The standard InChI is InChI=1S/C21H19ClN4O3S/c1-12-8-9-18-16(10-12)21(26(14(3)28)24-20(30-21)23-13(2)27)19(29)25(18)11-15-6-4-5-7-17(15)22/h4-10H,11H2,1-3H3,(H,23,24,27)/t21-/m0/s1. The van der Waals surface area contributed by atoms with Crippen molar-refractivity contribution in [3.8, 4) is 0 Å². The molecule has 1 N–H and O–H groups in total. The number of aryl methyl sites for hydroxylation is 1. The highest BCUT2D eigenvalue weighted by molar-refractivity contribution is 8.15. The average Bonchev–Trinajstić information content (AvgIpc) is 3.16. The molecule has 2 heterocycles. The van der Waals surface area contributed by atoms with Crippen LogP contribution in [0, 0.1) is 6.92 Å². The van der Waals surface area contributed by atoms with E-state index >= 15 is 0 Å². The maximum atomic E-state index is 13.8. The lowest BCUT2D eigenvalue weighted by Gasteiger charge is -2.29. The number of amides is 3. The van der Waals surface area contributed by atoms with Crippen LogP contribution in [-0.2, 0) is 25.8 Å². The minimum atomic E-state index is -1.41. The first-order chi connectivity index (χ1) is 14.2. The molecule has 0 aliphatic carbocycles. The normalized spacial score (nSPS) is 19.9. The summed E-state index contributed by atoms with van der Waals surface area (Å²) in [5.41, 5.74) is 3.07. The fourth-order valence-electron chi connectivity index (χ4n) is 3.68. The van der Waals surface area contributed by atoms with E-state index in [-0.39, 0.29) is 23.5 Å². The van der Waals surface area contributed by atoms with Gasteiger partial charge in [0.1, 0.15) is 0 Å². The molecule has 2 aromatic carbocycles. The topological polar surface area (TPSA) is 82.1 Å². The van der Waals surface area contributed by atoms with E-state index in [9.17, 15) is 14.4 Å². The molecule has 0 bridgehead atoms.